The van der Waals surface area contributed by atoms with Gasteiger partial charge in [-0.15, -0.1) is 0 Å². The van der Waals surface area contributed by atoms with Crippen molar-refractivity contribution < 1.29 is 17.9 Å². The zero-order valence-electron chi connectivity index (χ0n) is 13.3. The number of amides is 1. The van der Waals surface area contributed by atoms with Crippen LogP contribution in [0.3, 0.4) is 0 Å². The monoisotopic (exact) mass is 424 g/mol. The van der Waals surface area contributed by atoms with E-state index in [1.807, 2.05) is 12.1 Å². The Morgan fingerprint density at radius 2 is 1.76 bits per heavy atom. The van der Waals surface area contributed by atoms with Crippen LogP contribution in [-0.4, -0.2) is 44.9 Å². The van der Waals surface area contributed by atoms with Crippen LogP contribution in [0, 0.1) is 0 Å². The van der Waals surface area contributed by atoms with Gasteiger partial charge in [-0.05, 0) is 42.5 Å². The molecule has 25 heavy (non-hydrogen) atoms. The Labute approximate surface area is 155 Å². The van der Waals surface area contributed by atoms with Gasteiger partial charge in [0.1, 0.15) is 0 Å². The zero-order chi connectivity index (χ0) is 17.9. The molecule has 1 fully saturated rings. The average molecular weight is 425 g/mol. The summed E-state index contributed by atoms with van der Waals surface area (Å²) in [6.45, 7) is 1.39. The summed E-state index contributed by atoms with van der Waals surface area (Å²) in [5, 5.41) is 2.76. The van der Waals surface area contributed by atoms with Gasteiger partial charge in [0.2, 0.25) is 10.0 Å². The second kappa shape index (κ2) is 7.65. The van der Waals surface area contributed by atoms with Crippen molar-refractivity contribution in [2.24, 2.45) is 0 Å². The Morgan fingerprint density at radius 1 is 1.08 bits per heavy atom. The van der Waals surface area contributed by atoms with E-state index in [1.54, 1.807) is 24.3 Å². The predicted octanol–water partition coefficient (Wildman–Crippen LogP) is 2.72. The van der Waals surface area contributed by atoms with Gasteiger partial charge in [-0.3, -0.25) is 4.79 Å². The van der Waals surface area contributed by atoms with Gasteiger partial charge in [-0.1, -0.05) is 22.0 Å². The van der Waals surface area contributed by atoms with Crippen molar-refractivity contribution in [3.8, 4) is 0 Å². The minimum Gasteiger partial charge on any atom is -0.379 e. The Kier molecular flexibility index (Phi) is 5.53. The van der Waals surface area contributed by atoms with Crippen molar-refractivity contribution in [1.29, 1.82) is 0 Å². The third-order valence-corrected chi connectivity index (χ3v) is 6.23. The van der Waals surface area contributed by atoms with Gasteiger partial charge >= 0.3 is 0 Å². The molecule has 0 spiro atoms. The van der Waals surface area contributed by atoms with E-state index in [-0.39, 0.29) is 16.4 Å². The molecule has 0 aromatic heterocycles. The molecule has 0 saturated carbocycles. The molecule has 0 bridgehead atoms. The summed E-state index contributed by atoms with van der Waals surface area (Å²) in [7, 11) is -3.63. The predicted molar refractivity (Wildman–Crippen MR) is 98.1 cm³/mol. The molecule has 0 unspecified atom stereocenters. The van der Waals surface area contributed by atoms with Gasteiger partial charge in [-0.25, -0.2) is 8.42 Å². The molecule has 132 valence electrons. The Balaban J connectivity index is 1.80. The fourth-order valence-electron chi connectivity index (χ4n) is 2.47. The Morgan fingerprint density at radius 3 is 2.44 bits per heavy atom. The van der Waals surface area contributed by atoms with E-state index in [0.29, 0.717) is 32.0 Å². The van der Waals surface area contributed by atoms with Crippen LogP contribution in [0.25, 0.3) is 0 Å². The highest BCUT2D eigenvalue weighted by molar-refractivity contribution is 9.10. The van der Waals surface area contributed by atoms with E-state index in [9.17, 15) is 13.2 Å². The van der Waals surface area contributed by atoms with Crippen LogP contribution in [0.5, 0.6) is 0 Å². The van der Waals surface area contributed by atoms with Crippen molar-refractivity contribution in [2.75, 3.05) is 31.6 Å². The molecule has 1 aliphatic heterocycles. The highest BCUT2D eigenvalue weighted by atomic mass is 79.9. The lowest BCUT2D eigenvalue weighted by Crippen LogP contribution is -2.40. The van der Waals surface area contributed by atoms with Crippen LogP contribution in [0.4, 0.5) is 5.69 Å². The summed E-state index contributed by atoms with van der Waals surface area (Å²) >= 11 is 3.33. The van der Waals surface area contributed by atoms with Crippen molar-refractivity contribution in [3.05, 3.63) is 58.6 Å². The summed E-state index contributed by atoms with van der Waals surface area (Å²) in [4.78, 5) is 12.5. The van der Waals surface area contributed by atoms with Crippen LogP contribution in [0.15, 0.2) is 57.9 Å². The third kappa shape index (κ3) is 4.27. The Hall–Kier alpha value is -1.74. The first kappa shape index (κ1) is 18.1. The number of nitrogens with one attached hydrogen (secondary N) is 1. The van der Waals surface area contributed by atoms with Gasteiger partial charge in [-0.2, -0.15) is 4.31 Å². The fraction of sp³-hybridized carbons (Fsp3) is 0.235. The van der Waals surface area contributed by atoms with Crippen molar-refractivity contribution in [2.45, 2.75) is 4.90 Å². The molecule has 0 aliphatic carbocycles. The molecule has 0 atom stereocenters. The van der Waals surface area contributed by atoms with Crippen LogP contribution >= 0.6 is 15.9 Å². The zero-order valence-corrected chi connectivity index (χ0v) is 15.7. The van der Waals surface area contributed by atoms with E-state index >= 15 is 0 Å². The SMILES string of the molecule is O=C(Nc1ccc(Br)cc1)c1cccc(S(=O)(=O)N2CCOCC2)c1. The highest BCUT2D eigenvalue weighted by Crippen LogP contribution is 2.20. The van der Waals surface area contributed by atoms with Gasteiger partial charge < -0.3 is 10.1 Å². The van der Waals surface area contributed by atoms with Crippen molar-refractivity contribution in [1.82, 2.24) is 4.31 Å². The molecule has 6 nitrogen and oxygen atoms in total. The molecular formula is C17H17BrN2O4S. The summed E-state index contributed by atoms with van der Waals surface area (Å²) in [5.74, 6) is -0.360. The molecule has 1 amide bonds. The maximum atomic E-state index is 12.7. The number of nitrogens with zero attached hydrogens (tertiary/aromatic N) is 1. The molecule has 1 N–H and O–H groups in total. The summed E-state index contributed by atoms with van der Waals surface area (Å²) in [5.41, 5.74) is 0.923. The lowest BCUT2D eigenvalue weighted by atomic mass is 10.2. The second-order valence-electron chi connectivity index (χ2n) is 5.51. The number of morpholine rings is 1. The number of benzene rings is 2. The lowest BCUT2D eigenvalue weighted by molar-refractivity contribution is 0.0730. The topological polar surface area (TPSA) is 75.7 Å². The number of rotatable bonds is 4. The summed E-state index contributed by atoms with van der Waals surface area (Å²) in [6, 6.07) is 13.2. The van der Waals surface area contributed by atoms with Crippen molar-refractivity contribution >= 4 is 37.5 Å². The number of ether oxygens (including phenoxy) is 1. The summed E-state index contributed by atoms with van der Waals surface area (Å²) < 4.78 is 32.9. The van der Waals surface area contributed by atoms with E-state index in [1.165, 1.54) is 16.4 Å². The smallest absolute Gasteiger partial charge is 0.255 e. The molecule has 1 aliphatic rings. The van der Waals surface area contributed by atoms with Gasteiger partial charge in [0.15, 0.2) is 0 Å². The molecule has 0 radical (unpaired) electrons. The molecule has 2 aromatic carbocycles. The first-order valence-electron chi connectivity index (χ1n) is 7.72. The number of carbonyl (C=O) groups is 1. The van der Waals surface area contributed by atoms with Gasteiger partial charge in [0, 0.05) is 28.8 Å². The molecular weight excluding hydrogens is 408 g/mol. The Bertz CT molecular complexity index is 862. The maximum absolute atomic E-state index is 12.7. The number of halogens is 1. The van der Waals surface area contributed by atoms with Gasteiger partial charge in [0.05, 0.1) is 18.1 Å². The molecule has 8 heteroatoms. The largest absolute Gasteiger partial charge is 0.379 e. The lowest BCUT2D eigenvalue weighted by Gasteiger charge is -2.26. The first-order valence-corrected chi connectivity index (χ1v) is 9.95. The normalized spacial score (nSPS) is 15.7. The van der Waals surface area contributed by atoms with Crippen molar-refractivity contribution in [3.63, 3.8) is 0 Å². The number of anilines is 1. The number of carbonyl (C=O) groups excluding carboxylic acids is 1. The number of hydrogen-bond acceptors (Lipinski definition) is 4. The van der Waals surface area contributed by atoms with E-state index in [0.717, 1.165) is 4.47 Å². The standard InChI is InChI=1S/C17H17BrN2O4S/c18-14-4-6-15(7-5-14)19-17(21)13-2-1-3-16(12-13)25(22,23)20-8-10-24-11-9-20/h1-7,12H,8-11H2,(H,19,21). The minimum atomic E-state index is -3.63. The second-order valence-corrected chi connectivity index (χ2v) is 8.36. The first-order chi connectivity index (χ1) is 12.0. The van der Waals surface area contributed by atoms with Gasteiger partial charge in [0.25, 0.3) is 5.91 Å². The molecule has 3 rings (SSSR count). The number of hydrogen-bond donors (Lipinski definition) is 1. The van der Waals surface area contributed by atoms with Crippen LogP contribution in [0.1, 0.15) is 10.4 Å². The van der Waals surface area contributed by atoms with Crippen LogP contribution < -0.4 is 5.32 Å². The summed E-state index contributed by atoms with van der Waals surface area (Å²) in [6.07, 6.45) is 0. The fourth-order valence-corrected chi connectivity index (χ4v) is 4.19. The van der Waals surface area contributed by atoms with E-state index < -0.39 is 10.0 Å². The average Bonchev–Trinajstić information content (AvgIpc) is 2.64. The molecule has 2 aromatic rings. The van der Waals surface area contributed by atoms with Crippen LogP contribution in [0.2, 0.25) is 0 Å². The molecule has 1 saturated heterocycles. The maximum Gasteiger partial charge on any atom is 0.255 e. The quantitative estimate of drug-likeness (QED) is 0.818. The highest BCUT2D eigenvalue weighted by Gasteiger charge is 2.26. The minimum absolute atomic E-state index is 0.109. The number of sulfonamides is 1. The third-order valence-electron chi connectivity index (χ3n) is 3.81. The van der Waals surface area contributed by atoms with E-state index in [2.05, 4.69) is 21.2 Å². The van der Waals surface area contributed by atoms with Crippen LogP contribution in [-0.2, 0) is 14.8 Å². The van der Waals surface area contributed by atoms with E-state index in [4.69, 9.17) is 4.74 Å². The molecule has 1 heterocycles.